The third-order valence-electron chi connectivity index (χ3n) is 3.23. The average Bonchev–Trinajstić information content (AvgIpc) is 3.11. The zero-order valence-corrected chi connectivity index (χ0v) is 12.5. The van der Waals surface area contributed by atoms with E-state index in [0.717, 1.165) is 36.5 Å². The highest BCUT2D eigenvalue weighted by atomic mass is 35.5. The first kappa shape index (κ1) is 15.0. The monoisotopic (exact) mass is 312 g/mol. The van der Waals surface area contributed by atoms with Gasteiger partial charge in [-0.05, 0) is 36.9 Å². The molecular formula is C13H17ClN4OS. The molecular weight excluding hydrogens is 296 g/mol. The molecule has 0 saturated carbocycles. The fourth-order valence-corrected chi connectivity index (χ4v) is 2.92. The second-order valence-electron chi connectivity index (χ2n) is 4.66. The normalized spacial score (nSPS) is 18.3. The number of hydrogen-bond donors (Lipinski definition) is 3. The van der Waals surface area contributed by atoms with E-state index in [-0.39, 0.29) is 24.4 Å². The molecule has 0 aromatic carbocycles. The minimum atomic E-state index is -0.104. The van der Waals surface area contributed by atoms with Gasteiger partial charge in [-0.15, -0.1) is 23.7 Å². The van der Waals surface area contributed by atoms with Gasteiger partial charge in [-0.3, -0.25) is 9.89 Å². The van der Waals surface area contributed by atoms with E-state index in [1.54, 1.807) is 17.4 Å². The van der Waals surface area contributed by atoms with Gasteiger partial charge in [-0.2, -0.15) is 5.10 Å². The zero-order valence-electron chi connectivity index (χ0n) is 10.9. The second kappa shape index (κ2) is 6.88. The summed E-state index contributed by atoms with van der Waals surface area (Å²) in [5.74, 6) is -0.104. The Morgan fingerprint density at radius 2 is 2.40 bits per heavy atom. The molecule has 1 amide bonds. The third-order valence-corrected chi connectivity index (χ3v) is 4.13. The van der Waals surface area contributed by atoms with Gasteiger partial charge in [0, 0.05) is 12.6 Å². The van der Waals surface area contributed by atoms with E-state index in [9.17, 15) is 4.79 Å². The Balaban J connectivity index is 0.00000147. The van der Waals surface area contributed by atoms with Crippen LogP contribution in [0.5, 0.6) is 0 Å². The highest BCUT2D eigenvalue weighted by Gasteiger charge is 2.18. The summed E-state index contributed by atoms with van der Waals surface area (Å²) in [4.78, 5) is 13.2. The van der Waals surface area contributed by atoms with Crippen molar-refractivity contribution >= 4 is 29.7 Å². The number of H-pyrrole nitrogens is 1. The summed E-state index contributed by atoms with van der Waals surface area (Å²) in [5.41, 5.74) is 1.34. The van der Waals surface area contributed by atoms with E-state index in [2.05, 4.69) is 20.8 Å². The van der Waals surface area contributed by atoms with Gasteiger partial charge in [0.1, 0.15) is 0 Å². The van der Waals surface area contributed by atoms with Crippen LogP contribution < -0.4 is 10.6 Å². The van der Waals surface area contributed by atoms with Crippen LogP contribution in [0.25, 0.3) is 10.6 Å². The molecule has 0 spiro atoms. The summed E-state index contributed by atoms with van der Waals surface area (Å²) < 4.78 is 0. The lowest BCUT2D eigenvalue weighted by molar-refractivity contribution is 0.0925. The van der Waals surface area contributed by atoms with Crippen molar-refractivity contribution in [2.75, 3.05) is 13.1 Å². The first-order chi connectivity index (χ1) is 9.33. The van der Waals surface area contributed by atoms with Gasteiger partial charge < -0.3 is 10.6 Å². The number of halogens is 1. The van der Waals surface area contributed by atoms with Crippen LogP contribution in [0.15, 0.2) is 23.6 Å². The van der Waals surface area contributed by atoms with E-state index >= 15 is 0 Å². The zero-order chi connectivity index (χ0) is 13.1. The Labute approximate surface area is 127 Å². The Kier molecular flexibility index (Phi) is 5.17. The predicted molar refractivity (Wildman–Crippen MR) is 82.5 cm³/mol. The standard InChI is InChI=1S/C13H16N4OS.ClH/c18-13(15-9-3-1-5-14-8-9)11-7-10(16-17-11)12-4-2-6-19-12;/h2,4,6-7,9,14H,1,3,5,8H2,(H,15,18)(H,16,17);1H. The van der Waals surface area contributed by atoms with Crippen LogP contribution in [-0.4, -0.2) is 35.2 Å². The molecule has 108 valence electrons. The van der Waals surface area contributed by atoms with Crippen LogP contribution >= 0.6 is 23.7 Å². The summed E-state index contributed by atoms with van der Waals surface area (Å²) in [6.45, 7) is 1.88. The van der Waals surface area contributed by atoms with Gasteiger partial charge >= 0.3 is 0 Å². The Morgan fingerprint density at radius 1 is 1.50 bits per heavy atom. The van der Waals surface area contributed by atoms with Crippen molar-refractivity contribution in [3.05, 3.63) is 29.3 Å². The molecule has 1 atom stereocenters. The molecule has 5 nitrogen and oxygen atoms in total. The van der Waals surface area contributed by atoms with Gasteiger partial charge in [0.15, 0.2) is 5.69 Å². The van der Waals surface area contributed by atoms with E-state index in [0.29, 0.717) is 5.69 Å². The highest BCUT2D eigenvalue weighted by Crippen LogP contribution is 2.22. The Hall–Kier alpha value is -1.37. The first-order valence-corrected chi connectivity index (χ1v) is 7.32. The summed E-state index contributed by atoms with van der Waals surface area (Å²) in [6, 6.07) is 6.00. The van der Waals surface area contributed by atoms with Gasteiger partial charge in [0.05, 0.1) is 10.6 Å². The van der Waals surface area contributed by atoms with Crippen LogP contribution in [0.1, 0.15) is 23.3 Å². The molecule has 2 aromatic heterocycles. The van der Waals surface area contributed by atoms with Crippen molar-refractivity contribution in [3.8, 4) is 10.6 Å². The molecule has 1 fully saturated rings. The van der Waals surface area contributed by atoms with Crippen LogP contribution in [0.4, 0.5) is 0 Å². The highest BCUT2D eigenvalue weighted by molar-refractivity contribution is 7.13. The van der Waals surface area contributed by atoms with Crippen LogP contribution in [0, 0.1) is 0 Å². The van der Waals surface area contributed by atoms with Gasteiger partial charge in [-0.1, -0.05) is 6.07 Å². The molecule has 1 unspecified atom stereocenters. The van der Waals surface area contributed by atoms with Gasteiger partial charge in [0.25, 0.3) is 5.91 Å². The molecule has 2 aromatic rings. The van der Waals surface area contributed by atoms with Crippen LogP contribution in [-0.2, 0) is 0 Å². The number of carbonyl (C=O) groups is 1. The number of carbonyl (C=O) groups excluding carboxylic acids is 1. The number of aromatic nitrogens is 2. The molecule has 3 N–H and O–H groups in total. The molecule has 7 heteroatoms. The number of piperidine rings is 1. The number of hydrogen-bond acceptors (Lipinski definition) is 4. The molecule has 1 aliphatic heterocycles. The van der Waals surface area contributed by atoms with Gasteiger partial charge in [0.2, 0.25) is 0 Å². The first-order valence-electron chi connectivity index (χ1n) is 6.44. The number of aromatic amines is 1. The summed E-state index contributed by atoms with van der Waals surface area (Å²) in [5, 5.41) is 15.3. The van der Waals surface area contributed by atoms with E-state index in [1.807, 2.05) is 17.5 Å². The minimum Gasteiger partial charge on any atom is -0.347 e. The summed E-state index contributed by atoms with van der Waals surface area (Å²) in [7, 11) is 0. The van der Waals surface area contributed by atoms with Crippen molar-refractivity contribution in [1.29, 1.82) is 0 Å². The van der Waals surface area contributed by atoms with E-state index in [1.165, 1.54) is 0 Å². The quantitative estimate of drug-likeness (QED) is 0.812. The van der Waals surface area contributed by atoms with Crippen molar-refractivity contribution in [2.24, 2.45) is 0 Å². The van der Waals surface area contributed by atoms with E-state index < -0.39 is 0 Å². The lowest BCUT2D eigenvalue weighted by Gasteiger charge is -2.23. The molecule has 1 saturated heterocycles. The maximum absolute atomic E-state index is 12.1. The van der Waals surface area contributed by atoms with Gasteiger partial charge in [-0.25, -0.2) is 0 Å². The maximum atomic E-state index is 12.1. The Bertz CT molecular complexity index is 548. The molecule has 0 bridgehead atoms. The Morgan fingerprint density at radius 3 is 3.10 bits per heavy atom. The molecule has 0 radical (unpaired) electrons. The fourth-order valence-electron chi connectivity index (χ4n) is 2.23. The number of nitrogens with zero attached hydrogens (tertiary/aromatic N) is 1. The second-order valence-corrected chi connectivity index (χ2v) is 5.61. The van der Waals surface area contributed by atoms with E-state index in [4.69, 9.17) is 0 Å². The average molecular weight is 313 g/mol. The lowest BCUT2D eigenvalue weighted by atomic mass is 10.1. The number of nitrogens with one attached hydrogen (secondary N) is 3. The predicted octanol–water partition coefficient (Wildman–Crippen LogP) is 2.04. The largest absolute Gasteiger partial charge is 0.347 e. The van der Waals surface area contributed by atoms with Crippen LogP contribution in [0.2, 0.25) is 0 Å². The molecule has 0 aliphatic carbocycles. The summed E-state index contributed by atoms with van der Waals surface area (Å²) in [6.07, 6.45) is 2.13. The number of amides is 1. The SMILES string of the molecule is Cl.O=C(NC1CCCNC1)c1cc(-c2cccs2)[nH]n1. The van der Waals surface area contributed by atoms with Crippen molar-refractivity contribution in [2.45, 2.75) is 18.9 Å². The molecule has 3 rings (SSSR count). The fraction of sp³-hybridized carbons (Fsp3) is 0.385. The molecule has 1 aliphatic rings. The smallest absolute Gasteiger partial charge is 0.272 e. The van der Waals surface area contributed by atoms with Crippen molar-refractivity contribution < 1.29 is 4.79 Å². The molecule has 3 heterocycles. The number of rotatable bonds is 3. The third kappa shape index (κ3) is 3.39. The maximum Gasteiger partial charge on any atom is 0.272 e. The lowest BCUT2D eigenvalue weighted by Crippen LogP contribution is -2.45. The topological polar surface area (TPSA) is 69.8 Å². The van der Waals surface area contributed by atoms with Crippen molar-refractivity contribution in [1.82, 2.24) is 20.8 Å². The van der Waals surface area contributed by atoms with Crippen molar-refractivity contribution in [3.63, 3.8) is 0 Å². The van der Waals surface area contributed by atoms with Crippen LogP contribution in [0.3, 0.4) is 0 Å². The molecule has 20 heavy (non-hydrogen) atoms. The minimum absolute atomic E-state index is 0. The summed E-state index contributed by atoms with van der Waals surface area (Å²) >= 11 is 1.62. The number of thiophene rings is 1.